The Morgan fingerprint density at radius 3 is 2.02 bits per heavy atom. The second-order valence-electron chi connectivity index (χ2n) is 14.1. The number of aromatic amines is 1. The summed E-state index contributed by atoms with van der Waals surface area (Å²) in [7, 11) is 0. The molecule has 294 valence electrons. The molecule has 18 heteroatoms. The minimum Gasteiger partial charge on any atom is -0.480 e. The molecule has 4 rings (SSSR count). The molecule has 0 aliphatic carbocycles. The van der Waals surface area contributed by atoms with Crippen molar-refractivity contribution in [1.82, 2.24) is 41.0 Å². The van der Waals surface area contributed by atoms with Crippen molar-refractivity contribution in [1.29, 1.82) is 0 Å². The first kappa shape index (κ1) is 41.4. The number of hydrogen-bond donors (Lipinski definition) is 8. The van der Waals surface area contributed by atoms with Gasteiger partial charge in [0, 0.05) is 32.1 Å². The number of hydrogen-bond acceptors (Lipinski definition) is 10. The molecule has 0 saturated carbocycles. The summed E-state index contributed by atoms with van der Waals surface area (Å²) in [6.45, 7) is 4.45. The van der Waals surface area contributed by atoms with Crippen molar-refractivity contribution in [2.75, 3.05) is 19.7 Å². The normalized spacial score (nSPS) is 19.7. The van der Waals surface area contributed by atoms with Gasteiger partial charge >= 0.3 is 5.97 Å². The van der Waals surface area contributed by atoms with Gasteiger partial charge in [0.1, 0.15) is 36.3 Å². The van der Waals surface area contributed by atoms with E-state index in [4.69, 9.17) is 5.73 Å². The molecule has 7 atom stereocenters. The van der Waals surface area contributed by atoms with Crippen LogP contribution in [0.3, 0.4) is 0 Å². The molecule has 18 nitrogen and oxygen atoms in total. The van der Waals surface area contributed by atoms with Crippen molar-refractivity contribution in [2.45, 2.75) is 102 Å². The molecule has 3 heterocycles. The largest absolute Gasteiger partial charge is 0.480 e. The molecule has 0 spiro atoms. The fraction of sp³-hybridized carbons (Fsp3) is 0.556. The Labute approximate surface area is 313 Å². The Morgan fingerprint density at radius 2 is 1.43 bits per heavy atom. The summed E-state index contributed by atoms with van der Waals surface area (Å²) in [6.07, 6.45) is 4.59. The maximum Gasteiger partial charge on any atom is 0.326 e. The maximum absolute atomic E-state index is 14.3. The van der Waals surface area contributed by atoms with Crippen LogP contribution in [0.15, 0.2) is 42.9 Å². The molecular formula is C36H51N9O9. The lowest BCUT2D eigenvalue weighted by molar-refractivity contribution is -0.152. The van der Waals surface area contributed by atoms with E-state index in [9.17, 15) is 43.8 Å². The van der Waals surface area contributed by atoms with Crippen LogP contribution >= 0.6 is 0 Å². The van der Waals surface area contributed by atoms with Gasteiger partial charge in [-0.1, -0.05) is 44.2 Å². The number of imidazole rings is 1. The van der Waals surface area contributed by atoms with E-state index >= 15 is 0 Å². The zero-order chi connectivity index (χ0) is 39.5. The molecule has 1 aromatic heterocycles. The van der Waals surface area contributed by atoms with E-state index in [-0.39, 0.29) is 25.9 Å². The number of carboxylic acids is 1. The Balaban J connectivity index is 1.57. The standard InChI is InChI=1S/C36H51N9O9/c1-20(2)29(43-32(49)26(18-46)42-30(47)21(3)37)33(50)40-24(16-23-17-38-19-39-23)31(48)41-25(15-22-9-5-4-6-10-22)34(51)44-13-7-11-27(44)35(52)45-14-8-12-28(45)36(53)54/h4-6,9-10,17,19-21,24-29,46H,7-8,11-16,18,37H2,1-3H3,(H,38,39)(H,40,50)(H,41,48)(H,42,47)(H,43,49)(H,53,54)/t21-,24-,25-,26-,27-,28-,29-/m0/s1. The number of H-pyrrole nitrogens is 1. The summed E-state index contributed by atoms with van der Waals surface area (Å²) in [4.78, 5) is 103. The van der Waals surface area contributed by atoms with Crippen LogP contribution in [-0.2, 0) is 46.4 Å². The molecule has 2 aliphatic heterocycles. The van der Waals surface area contributed by atoms with E-state index in [1.54, 1.807) is 44.2 Å². The number of aliphatic hydroxyl groups is 1. The van der Waals surface area contributed by atoms with Crippen molar-refractivity contribution in [3.8, 4) is 0 Å². The average Bonchev–Trinajstić information content (AvgIpc) is 3.94. The minimum atomic E-state index is -1.40. The van der Waals surface area contributed by atoms with Gasteiger partial charge in [-0.15, -0.1) is 0 Å². The third-order valence-electron chi connectivity index (χ3n) is 9.62. The van der Waals surface area contributed by atoms with Crippen LogP contribution in [0.1, 0.15) is 57.7 Å². The van der Waals surface area contributed by atoms with Crippen molar-refractivity contribution >= 4 is 41.4 Å². The van der Waals surface area contributed by atoms with Crippen LogP contribution in [0.4, 0.5) is 0 Å². The van der Waals surface area contributed by atoms with E-state index < -0.39 is 96.2 Å². The molecule has 2 fully saturated rings. The van der Waals surface area contributed by atoms with E-state index in [1.165, 1.54) is 29.2 Å². The first-order valence-electron chi connectivity index (χ1n) is 18.1. The van der Waals surface area contributed by atoms with Crippen LogP contribution in [0.5, 0.6) is 0 Å². The molecule has 0 radical (unpaired) electrons. The SMILES string of the molecule is CC(C)[C@H](NC(=O)[C@H](CO)NC(=O)[C@H](C)N)C(=O)N[C@@H](Cc1c[nH]cn1)C(=O)N[C@@H](Cc1ccccc1)C(=O)N1CCC[C@H]1C(=O)N1CCC[C@H]1C(=O)O. The summed E-state index contributed by atoms with van der Waals surface area (Å²) in [6, 6.07) is 1.03. The number of likely N-dealkylation sites (tertiary alicyclic amines) is 2. The van der Waals surface area contributed by atoms with Gasteiger partial charge in [-0.05, 0) is 44.1 Å². The van der Waals surface area contributed by atoms with Gasteiger partial charge in [0.2, 0.25) is 35.4 Å². The third kappa shape index (κ3) is 10.6. The van der Waals surface area contributed by atoms with E-state index in [1.807, 2.05) is 0 Å². The lowest BCUT2D eigenvalue weighted by atomic mass is 10.0. The minimum absolute atomic E-state index is 0.0493. The lowest BCUT2D eigenvalue weighted by Gasteiger charge is -2.33. The zero-order valence-corrected chi connectivity index (χ0v) is 30.7. The number of amides is 6. The van der Waals surface area contributed by atoms with Crippen LogP contribution in [0.25, 0.3) is 0 Å². The molecule has 2 saturated heterocycles. The molecule has 9 N–H and O–H groups in total. The number of carboxylic acid groups (broad SMARTS) is 1. The molecule has 1 aromatic carbocycles. The fourth-order valence-electron chi connectivity index (χ4n) is 6.66. The number of nitrogens with one attached hydrogen (secondary N) is 5. The second-order valence-corrected chi connectivity index (χ2v) is 14.1. The average molecular weight is 754 g/mol. The highest BCUT2D eigenvalue weighted by Gasteiger charge is 2.44. The summed E-state index contributed by atoms with van der Waals surface area (Å²) in [5.41, 5.74) is 6.70. The smallest absolute Gasteiger partial charge is 0.326 e. The van der Waals surface area contributed by atoms with E-state index in [2.05, 4.69) is 31.2 Å². The van der Waals surface area contributed by atoms with Crippen molar-refractivity contribution in [3.63, 3.8) is 0 Å². The predicted octanol–water partition coefficient (Wildman–Crippen LogP) is -1.80. The van der Waals surface area contributed by atoms with E-state index in [0.29, 0.717) is 36.9 Å². The molecule has 6 amide bonds. The number of aromatic nitrogens is 2. The molecule has 2 aromatic rings. The second kappa shape index (κ2) is 19.1. The van der Waals surface area contributed by atoms with Gasteiger partial charge in [-0.25, -0.2) is 9.78 Å². The highest BCUT2D eigenvalue weighted by molar-refractivity contribution is 5.97. The quantitative estimate of drug-likeness (QED) is 0.0893. The maximum atomic E-state index is 14.3. The summed E-state index contributed by atoms with van der Waals surface area (Å²) in [5.74, 6) is -5.61. The van der Waals surface area contributed by atoms with Gasteiger partial charge < -0.3 is 52.0 Å². The number of nitrogens with zero attached hydrogens (tertiary/aromatic N) is 3. The van der Waals surface area contributed by atoms with Gasteiger partial charge in [-0.3, -0.25) is 28.8 Å². The number of rotatable bonds is 17. The number of nitrogens with two attached hydrogens (primary N) is 1. The van der Waals surface area contributed by atoms with Crippen LogP contribution in [0, 0.1) is 5.92 Å². The van der Waals surface area contributed by atoms with Crippen LogP contribution in [0.2, 0.25) is 0 Å². The number of benzene rings is 1. The van der Waals surface area contributed by atoms with Crippen molar-refractivity contribution in [3.05, 3.63) is 54.1 Å². The van der Waals surface area contributed by atoms with Crippen LogP contribution in [-0.4, -0.2) is 133 Å². The monoisotopic (exact) mass is 753 g/mol. The zero-order valence-electron chi connectivity index (χ0n) is 30.7. The predicted molar refractivity (Wildman–Crippen MR) is 193 cm³/mol. The topological polar surface area (TPSA) is 269 Å². The Morgan fingerprint density at radius 1 is 0.815 bits per heavy atom. The molecule has 2 aliphatic rings. The summed E-state index contributed by atoms with van der Waals surface area (Å²) >= 11 is 0. The Bertz CT molecular complexity index is 1640. The highest BCUT2D eigenvalue weighted by Crippen LogP contribution is 2.26. The third-order valence-corrected chi connectivity index (χ3v) is 9.62. The first-order chi connectivity index (χ1) is 25.7. The highest BCUT2D eigenvalue weighted by atomic mass is 16.4. The van der Waals surface area contributed by atoms with Gasteiger partial charge in [0.05, 0.1) is 24.7 Å². The summed E-state index contributed by atoms with van der Waals surface area (Å²) in [5, 5.41) is 29.8. The fourth-order valence-corrected chi connectivity index (χ4v) is 6.66. The molecule has 0 unspecified atom stereocenters. The van der Waals surface area contributed by atoms with E-state index in [0.717, 1.165) is 0 Å². The number of carbonyl (C=O) groups excluding carboxylic acids is 6. The Hall–Kier alpha value is -5.36. The summed E-state index contributed by atoms with van der Waals surface area (Å²) < 4.78 is 0. The molecular weight excluding hydrogens is 702 g/mol. The number of aliphatic hydroxyl groups excluding tert-OH is 1. The van der Waals surface area contributed by atoms with Gasteiger partial charge in [-0.2, -0.15) is 0 Å². The van der Waals surface area contributed by atoms with Gasteiger partial charge in [0.15, 0.2) is 0 Å². The molecule has 54 heavy (non-hydrogen) atoms. The van der Waals surface area contributed by atoms with Gasteiger partial charge in [0.25, 0.3) is 0 Å². The first-order valence-corrected chi connectivity index (χ1v) is 18.1. The number of aliphatic carboxylic acids is 1. The Kier molecular flexibility index (Phi) is 14.6. The lowest BCUT2D eigenvalue weighted by Crippen LogP contribution is -2.61. The van der Waals surface area contributed by atoms with Crippen molar-refractivity contribution < 1.29 is 43.8 Å². The van der Waals surface area contributed by atoms with Crippen LogP contribution < -0.4 is 27.0 Å². The molecule has 0 bridgehead atoms. The number of carbonyl (C=O) groups is 7. The van der Waals surface area contributed by atoms with Crippen molar-refractivity contribution in [2.24, 2.45) is 11.7 Å².